The Balaban J connectivity index is 2.28. The van der Waals surface area contributed by atoms with Crippen molar-refractivity contribution in [1.82, 2.24) is 5.32 Å². The summed E-state index contributed by atoms with van der Waals surface area (Å²) in [6.45, 7) is 2.42. The topological polar surface area (TPSA) is 55.1 Å². The summed E-state index contributed by atoms with van der Waals surface area (Å²) in [5.74, 6) is 0.289. The average Bonchev–Trinajstić information content (AvgIpc) is 2.56. The SMILES string of the molecule is C[C@H](CN)NC(=O)C1CC=CC1. The molecule has 0 heterocycles. The molecule has 0 fully saturated rings. The number of rotatable bonds is 3. The molecule has 0 aliphatic heterocycles. The predicted molar refractivity (Wildman–Crippen MR) is 48.5 cm³/mol. The summed E-state index contributed by atoms with van der Waals surface area (Å²) in [5.41, 5.74) is 5.39. The number of hydrogen-bond donors (Lipinski definition) is 2. The van der Waals surface area contributed by atoms with Crippen LogP contribution >= 0.6 is 0 Å². The summed E-state index contributed by atoms with van der Waals surface area (Å²) in [4.78, 5) is 11.4. The number of nitrogens with one attached hydrogen (secondary N) is 1. The first-order valence-corrected chi connectivity index (χ1v) is 4.39. The van der Waals surface area contributed by atoms with Crippen LogP contribution in [0.15, 0.2) is 12.2 Å². The van der Waals surface area contributed by atoms with E-state index < -0.39 is 0 Å². The molecule has 0 radical (unpaired) electrons. The molecule has 68 valence electrons. The zero-order valence-electron chi connectivity index (χ0n) is 7.42. The second-order valence-electron chi connectivity index (χ2n) is 3.29. The predicted octanol–water partition coefficient (Wildman–Crippen LogP) is 0.416. The molecule has 0 saturated carbocycles. The summed E-state index contributed by atoms with van der Waals surface area (Å²) in [6, 6.07) is 0.0955. The first-order chi connectivity index (χ1) is 5.74. The highest BCUT2D eigenvalue weighted by molar-refractivity contribution is 5.79. The molecule has 0 saturated heterocycles. The second-order valence-corrected chi connectivity index (χ2v) is 3.29. The molecule has 0 aromatic carbocycles. The lowest BCUT2D eigenvalue weighted by Gasteiger charge is -2.14. The number of hydrogen-bond acceptors (Lipinski definition) is 2. The molecular formula is C9H16N2O. The molecule has 1 rings (SSSR count). The fourth-order valence-corrected chi connectivity index (χ4v) is 1.25. The minimum atomic E-state index is 0.0955. The zero-order chi connectivity index (χ0) is 8.97. The van der Waals surface area contributed by atoms with Gasteiger partial charge in [-0.25, -0.2) is 0 Å². The van der Waals surface area contributed by atoms with Gasteiger partial charge in [-0.3, -0.25) is 4.79 Å². The van der Waals surface area contributed by atoms with E-state index in [1.165, 1.54) is 0 Å². The molecular weight excluding hydrogens is 152 g/mol. The molecule has 1 amide bonds. The van der Waals surface area contributed by atoms with Gasteiger partial charge in [-0.2, -0.15) is 0 Å². The van der Waals surface area contributed by atoms with Gasteiger partial charge in [-0.15, -0.1) is 0 Å². The summed E-state index contributed by atoms with van der Waals surface area (Å²) >= 11 is 0. The van der Waals surface area contributed by atoms with E-state index in [0.29, 0.717) is 6.54 Å². The molecule has 3 heteroatoms. The Kier molecular flexibility index (Phi) is 3.29. The van der Waals surface area contributed by atoms with Crippen LogP contribution in [-0.2, 0) is 4.79 Å². The molecule has 0 unspecified atom stereocenters. The van der Waals surface area contributed by atoms with Gasteiger partial charge >= 0.3 is 0 Å². The third kappa shape index (κ3) is 2.34. The molecule has 0 spiro atoms. The summed E-state index contributed by atoms with van der Waals surface area (Å²) < 4.78 is 0. The maximum atomic E-state index is 11.4. The van der Waals surface area contributed by atoms with Crippen molar-refractivity contribution in [2.45, 2.75) is 25.8 Å². The normalized spacial score (nSPS) is 19.5. The first kappa shape index (κ1) is 9.26. The number of nitrogens with two attached hydrogens (primary N) is 1. The largest absolute Gasteiger partial charge is 0.352 e. The Hall–Kier alpha value is -0.830. The van der Waals surface area contributed by atoms with E-state index in [0.717, 1.165) is 12.8 Å². The lowest BCUT2D eigenvalue weighted by atomic mass is 10.1. The fourth-order valence-electron chi connectivity index (χ4n) is 1.25. The van der Waals surface area contributed by atoms with Crippen LogP contribution < -0.4 is 11.1 Å². The van der Waals surface area contributed by atoms with Gasteiger partial charge in [0, 0.05) is 18.5 Å². The van der Waals surface area contributed by atoms with Crippen LogP contribution in [0.2, 0.25) is 0 Å². The van der Waals surface area contributed by atoms with Gasteiger partial charge in [0.25, 0.3) is 0 Å². The smallest absolute Gasteiger partial charge is 0.223 e. The van der Waals surface area contributed by atoms with Crippen molar-refractivity contribution in [1.29, 1.82) is 0 Å². The van der Waals surface area contributed by atoms with E-state index in [1.54, 1.807) is 0 Å². The van der Waals surface area contributed by atoms with Gasteiger partial charge in [-0.05, 0) is 19.8 Å². The van der Waals surface area contributed by atoms with Crippen LogP contribution in [0, 0.1) is 5.92 Å². The van der Waals surface area contributed by atoms with Crippen molar-refractivity contribution in [3.05, 3.63) is 12.2 Å². The lowest BCUT2D eigenvalue weighted by molar-refractivity contribution is -0.125. The molecule has 1 atom stereocenters. The lowest BCUT2D eigenvalue weighted by Crippen LogP contribution is -2.40. The minimum Gasteiger partial charge on any atom is -0.352 e. The van der Waals surface area contributed by atoms with Crippen LogP contribution in [0.5, 0.6) is 0 Å². The zero-order valence-corrected chi connectivity index (χ0v) is 7.42. The number of carbonyl (C=O) groups is 1. The van der Waals surface area contributed by atoms with Crippen molar-refractivity contribution in [2.24, 2.45) is 11.7 Å². The van der Waals surface area contributed by atoms with Crippen molar-refractivity contribution in [2.75, 3.05) is 6.54 Å². The quantitative estimate of drug-likeness (QED) is 0.600. The maximum Gasteiger partial charge on any atom is 0.223 e. The standard InChI is InChI=1S/C9H16N2O/c1-7(6-10)11-9(12)8-4-2-3-5-8/h2-3,7-8H,4-6,10H2,1H3,(H,11,12)/t7-/m1/s1. The highest BCUT2D eigenvalue weighted by Gasteiger charge is 2.19. The van der Waals surface area contributed by atoms with Crippen LogP contribution in [0.3, 0.4) is 0 Å². The van der Waals surface area contributed by atoms with Crippen LogP contribution in [0.1, 0.15) is 19.8 Å². The highest BCUT2D eigenvalue weighted by atomic mass is 16.1. The van der Waals surface area contributed by atoms with Gasteiger partial charge in [0.2, 0.25) is 5.91 Å². The molecule has 0 aromatic heterocycles. The average molecular weight is 168 g/mol. The molecule has 3 N–H and O–H groups in total. The van der Waals surface area contributed by atoms with Crippen LogP contribution in [0.25, 0.3) is 0 Å². The van der Waals surface area contributed by atoms with Gasteiger partial charge in [0.1, 0.15) is 0 Å². The Morgan fingerprint density at radius 2 is 2.25 bits per heavy atom. The molecule has 0 bridgehead atoms. The third-order valence-electron chi connectivity index (χ3n) is 2.12. The van der Waals surface area contributed by atoms with E-state index in [9.17, 15) is 4.79 Å². The van der Waals surface area contributed by atoms with Gasteiger partial charge < -0.3 is 11.1 Å². The van der Waals surface area contributed by atoms with Crippen molar-refractivity contribution in [3.63, 3.8) is 0 Å². The minimum absolute atomic E-state index is 0.0955. The highest BCUT2D eigenvalue weighted by Crippen LogP contribution is 2.17. The maximum absolute atomic E-state index is 11.4. The van der Waals surface area contributed by atoms with Crippen LogP contribution in [0.4, 0.5) is 0 Å². The number of amides is 1. The Bertz CT molecular complexity index is 181. The van der Waals surface area contributed by atoms with E-state index >= 15 is 0 Å². The summed E-state index contributed by atoms with van der Waals surface area (Å²) in [6.07, 6.45) is 5.86. The van der Waals surface area contributed by atoms with Crippen molar-refractivity contribution < 1.29 is 4.79 Å². The van der Waals surface area contributed by atoms with E-state index in [4.69, 9.17) is 5.73 Å². The Labute approximate surface area is 73.0 Å². The van der Waals surface area contributed by atoms with E-state index in [-0.39, 0.29) is 17.9 Å². The van der Waals surface area contributed by atoms with E-state index in [1.807, 2.05) is 6.92 Å². The summed E-state index contributed by atoms with van der Waals surface area (Å²) in [7, 11) is 0. The fraction of sp³-hybridized carbons (Fsp3) is 0.667. The van der Waals surface area contributed by atoms with Gasteiger partial charge in [-0.1, -0.05) is 12.2 Å². The molecule has 1 aliphatic rings. The van der Waals surface area contributed by atoms with Crippen molar-refractivity contribution in [3.8, 4) is 0 Å². The summed E-state index contributed by atoms with van der Waals surface area (Å²) in [5, 5.41) is 2.87. The van der Waals surface area contributed by atoms with Gasteiger partial charge in [0.15, 0.2) is 0 Å². The molecule has 0 aromatic rings. The van der Waals surface area contributed by atoms with Gasteiger partial charge in [0.05, 0.1) is 0 Å². The first-order valence-electron chi connectivity index (χ1n) is 4.39. The molecule has 1 aliphatic carbocycles. The second kappa shape index (κ2) is 4.26. The van der Waals surface area contributed by atoms with Crippen molar-refractivity contribution >= 4 is 5.91 Å². The number of carbonyl (C=O) groups excluding carboxylic acids is 1. The molecule has 12 heavy (non-hydrogen) atoms. The molecule has 3 nitrogen and oxygen atoms in total. The Morgan fingerprint density at radius 1 is 1.67 bits per heavy atom. The monoisotopic (exact) mass is 168 g/mol. The Morgan fingerprint density at radius 3 is 2.75 bits per heavy atom. The van der Waals surface area contributed by atoms with Crippen LogP contribution in [-0.4, -0.2) is 18.5 Å². The van der Waals surface area contributed by atoms with E-state index in [2.05, 4.69) is 17.5 Å². The third-order valence-corrected chi connectivity index (χ3v) is 2.12. The number of allylic oxidation sites excluding steroid dienone is 2.